The molecule has 1 aromatic rings. The predicted octanol–water partition coefficient (Wildman–Crippen LogP) is 3.06. The molecule has 0 atom stereocenters. The lowest BCUT2D eigenvalue weighted by molar-refractivity contribution is 0.213. The Morgan fingerprint density at radius 2 is 2.00 bits per heavy atom. The number of fused-ring (bicyclic) bond motifs is 1. The van der Waals surface area contributed by atoms with E-state index in [4.69, 9.17) is 5.73 Å². The molecule has 0 spiro atoms. The molecule has 94 valence electrons. The Bertz CT molecular complexity index is 390. The van der Waals surface area contributed by atoms with Crippen LogP contribution in [-0.2, 0) is 13.0 Å². The molecule has 0 bridgehead atoms. The van der Waals surface area contributed by atoms with Crippen molar-refractivity contribution in [3.05, 3.63) is 29.3 Å². The molecule has 2 rings (SSSR count). The van der Waals surface area contributed by atoms with Crippen LogP contribution in [0.15, 0.2) is 18.2 Å². The van der Waals surface area contributed by atoms with Crippen molar-refractivity contribution in [1.82, 2.24) is 4.90 Å². The van der Waals surface area contributed by atoms with E-state index in [1.165, 1.54) is 37.1 Å². The Balaban J connectivity index is 1.98. The summed E-state index contributed by atoms with van der Waals surface area (Å²) in [5, 5.41) is 0. The summed E-state index contributed by atoms with van der Waals surface area (Å²) in [5.41, 5.74) is 10.1. The zero-order chi connectivity index (χ0) is 12.5. The van der Waals surface area contributed by atoms with Gasteiger partial charge in [-0.1, -0.05) is 26.8 Å². The lowest BCUT2D eigenvalue weighted by Crippen LogP contribution is -2.33. The van der Waals surface area contributed by atoms with E-state index < -0.39 is 0 Å². The minimum atomic E-state index is 0.427. The van der Waals surface area contributed by atoms with Crippen molar-refractivity contribution in [2.24, 2.45) is 5.41 Å². The Hall–Kier alpha value is -1.02. The summed E-state index contributed by atoms with van der Waals surface area (Å²) in [5.74, 6) is 0. The highest BCUT2D eigenvalue weighted by Crippen LogP contribution is 2.24. The van der Waals surface area contributed by atoms with Crippen molar-refractivity contribution in [3.63, 3.8) is 0 Å². The summed E-state index contributed by atoms with van der Waals surface area (Å²) in [6.07, 6.45) is 2.42. The van der Waals surface area contributed by atoms with Crippen LogP contribution in [0.5, 0.6) is 0 Å². The van der Waals surface area contributed by atoms with Gasteiger partial charge in [0.15, 0.2) is 0 Å². The molecule has 0 amide bonds. The van der Waals surface area contributed by atoms with Gasteiger partial charge in [-0.2, -0.15) is 0 Å². The summed E-state index contributed by atoms with van der Waals surface area (Å²) >= 11 is 0. The molecule has 1 aromatic carbocycles. The number of benzene rings is 1. The lowest BCUT2D eigenvalue weighted by Gasteiger charge is -2.31. The van der Waals surface area contributed by atoms with Crippen LogP contribution in [0.4, 0.5) is 5.69 Å². The standard InChI is InChI=1S/C15H24N2/c1-15(2,3)7-9-17-8-6-12-4-5-14(16)10-13(12)11-17/h4-5,10H,6-9,11,16H2,1-3H3. The van der Waals surface area contributed by atoms with Gasteiger partial charge >= 0.3 is 0 Å². The third-order valence-corrected chi connectivity index (χ3v) is 3.50. The zero-order valence-electron chi connectivity index (χ0n) is 11.3. The SMILES string of the molecule is CC(C)(C)CCN1CCc2ccc(N)cc2C1. The molecule has 2 heteroatoms. The molecule has 0 radical (unpaired) electrons. The first-order valence-corrected chi connectivity index (χ1v) is 6.54. The first kappa shape index (κ1) is 12.4. The number of rotatable bonds is 2. The topological polar surface area (TPSA) is 29.3 Å². The smallest absolute Gasteiger partial charge is 0.0317 e. The van der Waals surface area contributed by atoms with Gasteiger partial charge in [-0.25, -0.2) is 0 Å². The highest BCUT2D eigenvalue weighted by atomic mass is 15.1. The van der Waals surface area contributed by atoms with Gasteiger partial charge in [-0.3, -0.25) is 4.90 Å². The molecular weight excluding hydrogens is 208 g/mol. The Kier molecular flexibility index (Phi) is 3.43. The van der Waals surface area contributed by atoms with Gasteiger partial charge in [0.25, 0.3) is 0 Å². The van der Waals surface area contributed by atoms with Crippen molar-refractivity contribution in [2.45, 2.75) is 40.2 Å². The first-order valence-electron chi connectivity index (χ1n) is 6.54. The molecule has 0 saturated carbocycles. The minimum Gasteiger partial charge on any atom is -0.399 e. The van der Waals surface area contributed by atoms with Crippen molar-refractivity contribution in [3.8, 4) is 0 Å². The number of hydrogen-bond acceptors (Lipinski definition) is 2. The maximum atomic E-state index is 5.85. The first-order chi connectivity index (χ1) is 7.94. The lowest BCUT2D eigenvalue weighted by atomic mass is 9.91. The van der Waals surface area contributed by atoms with Crippen LogP contribution < -0.4 is 5.73 Å². The van der Waals surface area contributed by atoms with Crippen molar-refractivity contribution < 1.29 is 0 Å². The van der Waals surface area contributed by atoms with E-state index in [9.17, 15) is 0 Å². The van der Waals surface area contributed by atoms with Crippen LogP contribution in [0.2, 0.25) is 0 Å². The molecule has 2 nitrogen and oxygen atoms in total. The monoisotopic (exact) mass is 232 g/mol. The van der Waals surface area contributed by atoms with Crippen molar-refractivity contribution in [1.29, 1.82) is 0 Å². The summed E-state index contributed by atoms with van der Waals surface area (Å²) < 4.78 is 0. The number of hydrogen-bond donors (Lipinski definition) is 1. The zero-order valence-corrected chi connectivity index (χ0v) is 11.3. The summed E-state index contributed by atoms with van der Waals surface area (Å²) in [7, 11) is 0. The van der Waals surface area contributed by atoms with Crippen LogP contribution in [0.3, 0.4) is 0 Å². The molecule has 0 fully saturated rings. The van der Waals surface area contributed by atoms with Crippen molar-refractivity contribution >= 4 is 5.69 Å². The van der Waals surface area contributed by atoms with Gasteiger partial charge in [0.2, 0.25) is 0 Å². The fraction of sp³-hybridized carbons (Fsp3) is 0.600. The average Bonchev–Trinajstić information content (AvgIpc) is 2.24. The summed E-state index contributed by atoms with van der Waals surface area (Å²) in [6, 6.07) is 6.34. The van der Waals surface area contributed by atoms with Gasteiger partial charge in [-0.15, -0.1) is 0 Å². The molecular formula is C15H24N2. The number of nitrogen functional groups attached to an aromatic ring is 1. The van der Waals surface area contributed by atoms with Gasteiger partial charge in [0, 0.05) is 18.8 Å². The van der Waals surface area contributed by atoms with Crippen LogP contribution in [-0.4, -0.2) is 18.0 Å². The van der Waals surface area contributed by atoms with Crippen LogP contribution in [0.1, 0.15) is 38.3 Å². The molecule has 2 N–H and O–H groups in total. The Labute approximate surface area is 105 Å². The van der Waals surface area contributed by atoms with E-state index in [2.05, 4.69) is 37.8 Å². The molecule has 0 saturated heterocycles. The van der Waals surface area contributed by atoms with Crippen LogP contribution in [0.25, 0.3) is 0 Å². The molecule has 1 aliphatic rings. The molecule has 0 aromatic heterocycles. The fourth-order valence-electron chi connectivity index (χ4n) is 2.32. The molecule has 17 heavy (non-hydrogen) atoms. The largest absolute Gasteiger partial charge is 0.399 e. The van der Waals surface area contributed by atoms with E-state index in [1.807, 2.05) is 6.07 Å². The number of anilines is 1. The van der Waals surface area contributed by atoms with E-state index >= 15 is 0 Å². The van der Waals surface area contributed by atoms with E-state index in [-0.39, 0.29) is 0 Å². The quantitative estimate of drug-likeness (QED) is 0.794. The highest BCUT2D eigenvalue weighted by Gasteiger charge is 2.18. The van der Waals surface area contributed by atoms with E-state index in [1.54, 1.807) is 0 Å². The van der Waals surface area contributed by atoms with Gasteiger partial charge in [0.1, 0.15) is 0 Å². The van der Waals surface area contributed by atoms with E-state index in [0.717, 1.165) is 12.2 Å². The van der Waals surface area contributed by atoms with Crippen LogP contribution in [0, 0.1) is 5.41 Å². The van der Waals surface area contributed by atoms with E-state index in [0.29, 0.717) is 5.41 Å². The predicted molar refractivity (Wildman–Crippen MR) is 73.9 cm³/mol. The highest BCUT2D eigenvalue weighted by molar-refractivity contribution is 5.45. The Morgan fingerprint density at radius 3 is 2.71 bits per heavy atom. The second-order valence-corrected chi connectivity index (χ2v) is 6.36. The maximum Gasteiger partial charge on any atom is 0.0317 e. The molecule has 0 unspecified atom stereocenters. The number of nitrogens with zero attached hydrogens (tertiary/aromatic N) is 1. The maximum absolute atomic E-state index is 5.85. The second kappa shape index (κ2) is 4.69. The third kappa shape index (κ3) is 3.47. The minimum absolute atomic E-state index is 0.427. The normalized spacial score (nSPS) is 16.9. The Morgan fingerprint density at radius 1 is 1.24 bits per heavy atom. The molecule has 1 heterocycles. The molecule has 0 aliphatic carbocycles. The average molecular weight is 232 g/mol. The molecule has 1 aliphatic heterocycles. The third-order valence-electron chi connectivity index (χ3n) is 3.50. The summed E-state index contributed by atoms with van der Waals surface area (Å²) in [4.78, 5) is 2.55. The van der Waals surface area contributed by atoms with Gasteiger partial charge in [-0.05, 0) is 48.1 Å². The van der Waals surface area contributed by atoms with Crippen molar-refractivity contribution in [2.75, 3.05) is 18.8 Å². The summed E-state index contributed by atoms with van der Waals surface area (Å²) in [6.45, 7) is 10.4. The van der Waals surface area contributed by atoms with Crippen LogP contribution >= 0.6 is 0 Å². The van der Waals surface area contributed by atoms with Gasteiger partial charge in [0.05, 0.1) is 0 Å². The fourth-order valence-corrected chi connectivity index (χ4v) is 2.32. The second-order valence-electron chi connectivity index (χ2n) is 6.36. The number of nitrogens with two attached hydrogens (primary N) is 1. The van der Waals surface area contributed by atoms with Gasteiger partial charge < -0.3 is 5.73 Å².